The summed E-state index contributed by atoms with van der Waals surface area (Å²) in [4.78, 5) is 0. The van der Waals surface area contributed by atoms with E-state index in [0.717, 1.165) is 12.2 Å². The smallest absolute Gasteiger partial charge is 0.123 e. The number of hydrogen-bond donors (Lipinski definition) is 1. The van der Waals surface area contributed by atoms with Crippen molar-refractivity contribution in [2.45, 2.75) is 12.5 Å². The second-order valence-electron chi connectivity index (χ2n) is 5.04. The summed E-state index contributed by atoms with van der Waals surface area (Å²) in [6.07, 6.45) is 0.959. The molecule has 0 bridgehead atoms. The Bertz CT molecular complexity index is 735. The number of benzene rings is 2. The average molecular weight is 297 g/mol. The number of para-hydroxylation sites is 1. The van der Waals surface area contributed by atoms with Crippen molar-refractivity contribution in [2.24, 2.45) is 0 Å². The lowest BCUT2D eigenvalue weighted by Crippen LogP contribution is -2.19. The van der Waals surface area contributed by atoms with Crippen molar-refractivity contribution in [3.05, 3.63) is 65.0 Å². The highest BCUT2D eigenvalue weighted by molar-refractivity contribution is 7.17. The SMILES string of the molecule is CNC(Cc1csc2ccccc12)c1ccccc1OC. The maximum absolute atomic E-state index is 5.50. The maximum Gasteiger partial charge on any atom is 0.123 e. The van der Waals surface area contributed by atoms with Crippen LogP contribution < -0.4 is 10.1 Å². The summed E-state index contributed by atoms with van der Waals surface area (Å²) in [5.74, 6) is 0.941. The minimum Gasteiger partial charge on any atom is -0.496 e. The van der Waals surface area contributed by atoms with Gasteiger partial charge in [-0.2, -0.15) is 0 Å². The molecule has 1 aromatic heterocycles. The van der Waals surface area contributed by atoms with Crippen molar-refractivity contribution in [1.82, 2.24) is 5.32 Å². The van der Waals surface area contributed by atoms with Gasteiger partial charge < -0.3 is 10.1 Å². The van der Waals surface area contributed by atoms with Gasteiger partial charge in [0.15, 0.2) is 0 Å². The number of ether oxygens (including phenoxy) is 1. The van der Waals surface area contributed by atoms with Crippen molar-refractivity contribution in [2.75, 3.05) is 14.2 Å². The van der Waals surface area contributed by atoms with Crippen LogP contribution in [-0.4, -0.2) is 14.2 Å². The highest BCUT2D eigenvalue weighted by Gasteiger charge is 2.16. The van der Waals surface area contributed by atoms with E-state index < -0.39 is 0 Å². The molecule has 1 heterocycles. The Morgan fingerprint density at radius 3 is 2.67 bits per heavy atom. The first-order chi connectivity index (χ1) is 10.3. The van der Waals surface area contributed by atoms with Crippen LogP contribution in [0.1, 0.15) is 17.2 Å². The second-order valence-corrected chi connectivity index (χ2v) is 5.96. The molecule has 0 spiro atoms. The van der Waals surface area contributed by atoms with E-state index in [2.05, 4.69) is 47.1 Å². The predicted molar refractivity (Wildman–Crippen MR) is 90.3 cm³/mol. The predicted octanol–water partition coefficient (Wildman–Crippen LogP) is 4.41. The van der Waals surface area contributed by atoms with Gasteiger partial charge in [-0.1, -0.05) is 36.4 Å². The zero-order valence-electron chi connectivity index (χ0n) is 12.3. The maximum atomic E-state index is 5.50. The fraction of sp³-hybridized carbons (Fsp3) is 0.222. The van der Waals surface area contributed by atoms with E-state index in [1.807, 2.05) is 30.5 Å². The molecule has 0 aliphatic carbocycles. The number of nitrogens with one attached hydrogen (secondary N) is 1. The van der Waals surface area contributed by atoms with Crippen LogP contribution in [0.4, 0.5) is 0 Å². The Labute approximate surface area is 129 Å². The lowest BCUT2D eigenvalue weighted by atomic mass is 9.98. The van der Waals surface area contributed by atoms with E-state index >= 15 is 0 Å². The molecule has 3 heteroatoms. The molecular formula is C18H19NOS. The normalized spacial score (nSPS) is 12.5. The third-order valence-electron chi connectivity index (χ3n) is 3.85. The first-order valence-corrected chi connectivity index (χ1v) is 7.96. The number of rotatable bonds is 5. The Balaban J connectivity index is 1.94. The van der Waals surface area contributed by atoms with Crippen LogP contribution in [-0.2, 0) is 6.42 Å². The largest absolute Gasteiger partial charge is 0.496 e. The third kappa shape index (κ3) is 2.80. The standard InChI is InChI=1S/C18H19NOS/c1-19-16(15-8-3-5-9-17(15)20-2)11-13-12-21-18-10-6-4-7-14(13)18/h3-10,12,16,19H,11H2,1-2H3. The lowest BCUT2D eigenvalue weighted by molar-refractivity contribution is 0.401. The molecule has 3 rings (SSSR count). The monoisotopic (exact) mass is 297 g/mol. The van der Waals surface area contributed by atoms with Crippen LogP contribution in [0.2, 0.25) is 0 Å². The fourth-order valence-corrected chi connectivity index (χ4v) is 3.71. The molecule has 2 aromatic carbocycles. The topological polar surface area (TPSA) is 21.3 Å². The van der Waals surface area contributed by atoms with Crippen molar-refractivity contribution >= 4 is 21.4 Å². The molecule has 3 aromatic rings. The molecule has 2 nitrogen and oxygen atoms in total. The fourth-order valence-electron chi connectivity index (χ4n) is 2.73. The lowest BCUT2D eigenvalue weighted by Gasteiger charge is -2.19. The molecule has 0 saturated carbocycles. The summed E-state index contributed by atoms with van der Waals surface area (Å²) in [5, 5.41) is 7.05. The summed E-state index contributed by atoms with van der Waals surface area (Å²) >= 11 is 1.81. The minimum atomic E-state index is 0.249. The van der Waals surface area contributed by atoms with Crippen molar-refractivity contribution < 1.29 is 4.74 Å². The summed E-state index contributed by atoms with van der Waals surface area (Å²) in [5.41, 5.74) is 2.60. The molecule has 21 heavy (non-hydrogen) atoms. The van der Waals surface area contributed by atoms with Gasteiger partial charge in [-0.05, 0) is 41.9 Å². The van der Waals surface area contributed by atoms with E-state index in [1.165, 1.54) is 21.2 Å². The molecule has 0 saturated heterocycles. The van der Waals surface area contributed by atoms with Crippen LogP contribution in [0, 0.1) is 0 Å². The number of hydrogen-bond acceptors (Lipinski definition) is 3. The molecule has 0 fully saturated rings. The zero-order chi connectivity index (χ0) is 14.7. The van der Waals surface area contributed by atoms with Gasteiger partial charge in [0, 0.05) is 16.3 Å². The number of methoxy groups -OCH3 is 1. The Hall–Kier alpha value is -1.84. The first-order valence-electron chi connectivity index (χ1n) is 7.08. The van der Waals surface area contributed by atoms with E-state index in [-0.39, 0.29) is 6.04 Å². The van der Waals surface area contributed by atoms with Crippen LogP contribution >= 0.6 is 11.3 Å². The minimum absolute atomic E-state index is 0.249. The van der Waals surface area contributed by atoms with Gasteiger partial charge >= 0.3 is 0 Å². The summed E-state index contributed by atoms with van der Waals surface area (Å²) in [6, 6.07) is 17.1. The van der Waals surface area contributed by atoms with Crippen molar-refractivity contribution in [1.29, 1.82) is 0 Å². The average Bonchev–Trinajstić information content (AvgIpc) is 2.95. The van der Waals surface area contributed by atoms with E-state index in [0.29, 0.717) is 0 Å². The van der Waals surface area contributed by atoms with Gasteiger partial charge in [-0.15, -0.1) is 11.3 Å². The van der Waals surface area contributed by atoms with Crippen LogP contribution in [0.15, 0.2) is 53.9 Å². The summed E-state index contributed by atoms with van der Waals surface area (Å²) in [7, 11) is 3.73. The molecule has 1 N–H and O–H groups in total. The van der Waals surface area contributed by atoms with Gasteiger partial charge in [0.25, 0.3) is 0 Å². The van der Waals surface area contributed by atoms with Gasteiger partial charge in [0.05, 0.1) is 7.11 Å². The third-order valence-corrected chi connectivity index (χ3v) is 4.86. The number of thiophene rings is 1. The van der Waals surface area contributed by atoms with Crippen LogP contribution in [0.3, 0.4) is 0 Å². The molecule has 0 aliphatic rings. The highest BCUT2D eigenvalue weighted by atomic mass is 32.1. The molecule has 0 radical (unpaired) electrons. The quantitative estimate of drug-likeness (QED) is 0.753. The van der Waals surface area contributed by atoms with Crippen molar-refractivity contribution in [3.63, 3.8) is 0 Å². The second kappa shape index (κ2) is 6.29. The summed E-state index contributed by atoms with van der Waals surface area (Å²) < 4.78 is 6.85. The van der Waals surface area contributed by atoms with Gasteiger partial charge in [0.1, 0.15) is 5.75 Å². The van der Waals surface area contributed by atoms with Gasteiger partial charge in [-0.25, -0.2) is 0 Å². The van der Waals surface area contributed by atoms with E-state index in [9.17, 15) is 0 Å². The van der Waals surface area contributed by atoms with Crippen molar-refractivity contribution in [3.8, 4) is 5.75 Å². The summed E-state index contributed by atoms with van der Waals surface area (Å²) in [6.45, 7) is 0. The molecule has 0 amide bonds. The van der Waals surface area contributed by atoms with E-state index in [4.69, 9.17) is 4.74 Å². The zero-order valence-corrected chi connectivity index (χ0v) is 13.1. The highest BCUT2D eigenvalue weighted by Crippen LogP contribution is 2.32. The van der Waals surface area contributed by atoms with Crippen LogP contribution in [0.25, 0.3) is 10.1 Å². The Morgan fingerprint density at radius 1 is 1.10 bits per heavy atom. The Kier molecular flexibility index (Phi) is 4.23. The number of fused-ring (bicyclic) bond motifs is 1. The van der Waals surface area contributed by atoms with E-state index in [1.54, 1.807) is 7.11 Å². The molecular weight excluding hydrogens is 278 g/mol. The number of likely N-dealkylation sites (N-methyl/N-ethyl adjacent to an activating group) is 1. The van der Waals surface area contributed by atoms with Gasteiger partial charge in [-0.3, -0.25) is 0 Å². The molecule has 1 atom stereocenters. The first kappa shape index (κ1) is 14.1. The molecule has 1 unspecified atom stereocenters. The molecule has 0 aliphatic heterocycles. The van der Waals surface area contributed by atoms with Crippen LogP contribution in [0.5, 0.6) is 5.75 Å². The molecule has 108 valence electrons. The van der Waals surface area contributed by atoms with Gasteiger partial charge in [0.2, 0.25) is 0 Å². The Morgan fingerprint density at radius 2 is 1.86 bits per heavy atom.